The van der Waals surface area contributed by atoms with Gasteiger partial charge < -0.3 is 11.1 Å². The van der Waals surface area contributed by atoms with Gasteiger partial charge in [0.1, 0.15) is 0 Å². The molecule has 0 amide bonds. The van der Waals surface area contributed by atoms with E-state index in [1.54, 1.807) is 12.4 Å². The van der Waals surface area contributed by atoms with Gasteiger partial charge in [-0.1, -0.05) is 0 Å². The van der Waals surface area contributed by atoms with Crippen molar-refractivity contribution in [2.75, 3.05) is 11.9 Å². The van der Waals surface area contributed by atoms with Crippen LogP contribution in [0.1, 0.15) is 19.3 Å². The molecule has 0 radical (unpaired) electrons. The Balaban J connectivity index is 2.05. The minimum atomic E-state index is 0.168. The van der Waals surface area contributed by atoms with Crippen LogP contribution in [0.2, 0.25) is 0 Å². The van der Waals surface area contributed by atoms with E-state index in [2.05, 4.69) is 10.3 Å². The quantitative estimate of drug-likeness (QED) is 0.733. The van der Waals surface area contributed by atoms with Gasteiger partial charge in [-0.2, -0.15) is 0 Å². The summed E-state index contributed by atoms with van der Waals surface area (Å²) in [5, 5.41) is 3.48. The van der Waals surface area contributed by atoms with Crippen LogP contribution in [0.5, 0.6) is 0 Å². The predicted molar refractivity (Wildman–Crippen MR) is 53.5 cm³/mol. The molecule has 1 heterocycles. The van der Waals surface area contributed by atoms with E-state index in [9.17, 15) is 0 Å². The van der Waals surface area contributed by atoms with Gasteiger partial charge in [0.15, 0.2) is 0 Å². The number of nitrogens with two attached hydrogens (primary N) is 1. The average molecular weight is 177 g/mol. The van der Waals surface area contributed by atoms with Gasteiger partial charge in [-0.15, -0.1) is 0 Å². The molecule has 0 aromatic carbocycles. The molecule has 0 bridgehead atoms. The van der Waals surface area contributed by atoms with E-state index < -0.39 is 0 Å². The molecule has 0 saturated heterocycles. The molecule has 3 nitrogen and oxygen atoms in total. The van der Waals surface area contributed by atoms with E-state index in [1.165, 1.54) is 19.3 Å². The van der Waals surface area contributed by atoms with Gasteiger partial charge in [0.2, 0.25) is 0 Å². The van der Waals surface area contributed by atoms with Gasteiger partial charge in [-0.05, 0) is 31.4 Å². The first kappa shape index (κ1) is 8.51. The lowest BCUT2D eigenvalue weighted by Gasteiger charge is -2.42. The van der Waals surface area contributed by atoms with E-state index >= 15 is 0 Å². The van der Waals surface area contributed by atoms with Crippen molar-refractivity contribution in [3.8, 4) is 0 Å². The van der Waals surface area contributed by atoms with Crippen molar-refractivity contribution >= 4 is 5.69 Å². The molecule has 1 aromatic rings. The fourth-order valence-corrected chi connectivity index (χ4v) is 1.73. The fourth-order valence-electron chi connectivity index (χ4n) is 1.73. The first-order valence-corrected chi connectivity index (χ1v) is 4.73. The highest BCUT2D eigenvalue weighted by molar-refractivity contribution is 5.44. The molecule has 0 unspecified atom stereocenters. The molecule has 2 rings (SSSR count). The molecular weight excluding hydrogens is 162 g/mol. The number of rotatable bonds is 3. The molecule has 1 aromatic heterocycles. The minimum absolute atomic E-state index is 0.168. The van der Waals surface area contributed by atoms with E-state index in [0.29, 0.717) is 0 Å². The molecule has 3 heteroatoms. The zero-order chi connectivity index (χ0) is 9.15. The van der Waals surface area contributed by atoms with Crippen molar-refractivity contribution in [1.82, 2.24) is 4.98 Å². The van der Waals surface area contributed by atoms with Crippen molar-refractivity contribution in [2.24, 2.45) is 5.73 Å². The van der Waals surface area contributed by atoms with Crippen LogP contribution < -0.4 is 11.1 Å². The maximum atomic E-state index is 5.74. The Morgan fingerprint density at radius 1 is 1.38 bits per heavy atom. The Hall–Kier alpha value is -1.09. The number of nitrogens with zero attached hydrogens (tertiary/aromatic N) is 1. The second-order valence-electron chi connectivity index (χ2n) is 3.70. The van der Waals surface area contributed by atoms with Gasteiger partial charge in [0.25, 0.3) is 0 Å². The van der Waals surface area contributed by atoms with Gasteiger partial charge in [-0.3, -0.25) is 4.98 Å². The molecule has 1 aliphatic rings. The molecule has 1 fully saturated rings. The van der Waals surface area contributed by atoms with E-state index in [1.807, 2.05) is 12.1 Å². The predicted octanol–water partition coefficient (Wildman–Crippen LogP) is 1.37. The number of pyridine rings is 1. The van der Waals surface area contributed by atoms with Crippen LogP contribution in [0.3, 0.4) is 0 Å². The van der Waals surface area contributed by atoms with Crippen LogP contribution in [-0.2, 0) is 0 Å². The summed E-state index contributed by atoms with van der Waals surface area (Å²) < 4.78 is 0. The summed E-state index contributed by atoms with van der Waals surface area (Å²) in [6.07, 6.45) is 7.25. The minimum Gasteiger partial charge on any atom is -0.378 e. The second-order valence-corrected chi connectivity index (χ2v) is 3.70. The lowest BCUT2D eigenvalue weighted by Crippen LogP contribution is -2.51. The Morgan fingerprint density at radius 3 is 2.54 bits per heavy atom. The maximum Gasteiger partial charge on any atom is 0.0495 e. The molecule has 1 aliphatic carbocycles. The number of anilines is 1. The van der Waals surface area contributed by atoms with Crippen LogP contribution in [0, 0.1) is 0 Å². The first-order chi connectivity index (χ1) is 6.35. The summed E-state index contributed by atoms with van der Waals surface area (Å²) in [5.74, 6) is 0. The third kappa shape index (κ3) is 1.65. The van der Waals surface area contributed by atoms with Gasteiger partial charge >= 0.3 is 0 Å². The van der Waals surface area contributed by atoms with Gasteiger partial charge in [0.05, 0.1) is 0 Å². The maximum absolute atomic E-state index is 5.74. The van der Waals surface area contributed by atoms with Crippen molar-refractivity contribution in [1.29, 1.82) is 0 Å². The molecule has 0 spiro atoms. The Labute approximate surface area is 78.4 Å². The van der Waals surface area contributed by atoms with Crippen molar-refractivity contribution in [2.45, 2.75) is 24.8 Å². The molecule has 0 atom stereocenters. The van der Waals surface area contributed by atoms with E-state index in [-0.39, 0.29) is 5.54 Å². The highest BCUT2D eigenvalue weighted by atomic mass is 15.0. The number of aromatic nitrogens is 1. The number of hydrogen-bond donors (Lipinski definition) is 2. The zero-order valence-corrected chi connectivity index (χ0v) is 7.66. The topological polar surface area (TPSA) is 50.9 Å². The van der Waals surface area contributed by atoms with Crippen LogP contribution in [0.4, 0.5) is 5.69 Å². The molecule has 13 heavy (non-hydrogen) atoms. The molecular formula is C10H15N3. The summed E-state index contributed by atoms with van der Waals surface area (Å²) in [7, 11) is 0. The van der Waals surface area contributed by atoms with Gasteiger partial charge in [-0.25, -0.2) is 0 Å². The van der Waals surface area contributed by atoms with Crippen molar-refractivity contribution in [3.63, 3.8) is 0 Å². The smallest absolute Gasteiger partial charge is 0.0495 e. The molecule has 0 aliphatic heterocycles. The van der Waals surface area contributed by atoms with E-state index in [0.717, 1.165) is 12.2 Å². The van der Waals surface area contributed by atoms with Crippen molar-refractivity contribution in [3.05, 3.63) is 24.5 Å². The molecule has 3 N–H and O–H groups in total. The fraction of sp³-hybridized carbons (Fsp3) is 0.500. The highest BCUT2D eigenvalue weighted by Gasteiger charge is 2.35. The molecule has 70 valence electrons. The third-order valence-electron chi connectivity index (χ3n) is 2.79. The summed E-state index contributed by atoms with van der Waals surface area (Å²) in [6.45, 7) is 0.718. The largest absolute Gasteiger partial charge is 0.378 e. The van der Waals surface area contributed by atoms with Gasteiger partial charge in [0, 0.05) is 30.2 Å². The summed E-state index contributed by atoms with van der Waals surface area (Å²) in [5.41, 5.74) is 7.03. The summed E-state index contributed by atoms with van der Waals surface area (Å²) >= 11 is 0. The Bertz CT molecular complexity index is 261. The SMILES string of the molecule is NCC1(Nc2ccncc2)CCC1. The lowest BCUT2D eigenvalue weighted by molar-refractivity contribution is 0.287. The number of hydrogen-bond acceptors (Lipinski definition) is 3. The van der Waals surface area contributed by atoms with Crippen LogP contribution >= 0.6 is 0 Å². The van der Waals surface area contributed by atoms with Crippen molar-refractivity contribution < 1.29 is 0 Å². The second kappa shape index (κ2) is 3.34. The van der Waals surface area contributed by atoms with E-state index in [4.69, 9.17) is 5.73 Å². The zero-order valence-electron chi connectivity index (χ0n) is 7.66. The van der Waals surface area contributed by atoms with Crippen LogP contribution in [-0.4, -0.2) is 17.1 Å². The standard InChI is InChI=1S/C10H15N3/c11-8-10(4-1-5-10)13-9-2-6-12-7-3-9/h2-3,6-7H,1,4-5,8,11H2,(H,12,13). The Kier molecular flexibility index (Phi) is 2.19. The van der Waals surface area contributed by atoms with Crippen LogP contribution in [0.25, 0.3) is 0 Å². The summed E-state index contributed by atoms with van der Waals surface area (Å²) in [6, 6.07) is 3.96. The lowest BCUT2D eigenvalue weighted by atomic mass is 9.76. The average Bonchev–Trinajstić information content (AvgIpc) is 2.13. The molecule has 1 saturated carbocycles. The monoisotopic (exact) mass is 177 g/mol. The highest BCUT2D eigenvalue weighted by Crippen LogP contribution is 2.33. The third-order valence-corrected chi connectivity index (χ3v) is 2.79. The first-order valence-electron chi connectivity index (χ1n) is 4.73. The van der Waals surface area contributed by atoms with Crippen LogP contribution in [0.15, 0.2) is 24.5 Å². The number of nitrogens with one attached hydrogen (secondary N) is 1. The summed E-state index contributed by atoms with van der Waals surface area (Å²) in [4.78, 5) is 3.97. The normalized spacial score (nSPS) is 19.2. The Morgan fingerprint density at radius 2 is 2.08 bits per heavy atom.